The third-order valence-electron chi connectivity index (χ3n) is 3.88. The molecule has 0 spiro atoms. The number of fused-ring (bicyclic) bond motifs is 1. The number of hydrogen-bond acceptors (Lipinski definition) is 3. The van der Waals surface area contributed by atoms with Crippen LogP contribution in [0, 0.1) is 5.92 Å². The molecule has 4 heteroatoms. The van der Waals surface area contributed by atoms with E-state index in [1.807, 2.05) is 48.7 Å². The number of hydrazone groups is 1. The van der Waals surface area contributed by atoms with Crippen molar-refractivity contribution in [3.8, 4) is 5.75 Å². The van der Waals surface area contributed by atoms with Gasteiger partial charge in [0.15, 0.2) is 6.61 Å². The van der Waals surface area contributed by atoms with Gasteiger partial charge in [0, 0.05) is 6.21 Å². The number of benzene rings is 2. The molecule has 0 unspecified atom stereocenters. The molecule has 1 N–H and O–H groups in total. The van der Waals surface area contributed by atoms with Crippen LogP contribution in [0.4, 0.5) is 0 Å². The standard InChI is InChI=1S/C19H20N2O2/c22-19(21-20-13-15-6-2-1-3-7-15)14-23-18-11-10-16-8-4-5-9-17(16)12-18/h1-2,4-5,8-13,15H,3,6-7,14H2,(H,21,22)/b20-13-/t15-/m1/s1. The van der Waals surface area contributed by atoms with Crippen molar-refractivity contribution < 1.29 is 9.53 Å². The normalized spacial score (nSPS) is 17.5. The third kappa shape index (κ3) is 4.42. The Labute approximate surface area is 135 Å². The van der Waals surface area contributed by atoms with Crippen LogP contribution >= 0.6 is 0 Å². The van der Waals surface area contributed by atoms with Gasteiger partial charge in [-0.3, -0.25) is 4.79 Å². The second kappa shape index (κ2) is 7.58. The van der Waals surface area contributed by atoms with Gasteiger partial charge >= 0.3 is 0 Å². The summed E-state index contributed by atoms with van der Waals surface area (Å²) in [4.78, 5) is 11.8. The number of nitrogens with zero attached hydrogens (tertiary/aromatic N) is 1. The lowest BCUT2D eigenvalue weighted by molar-refractivity contribution is -0.123. The predicted molar refractivity (Wildman–Crippen MR) is 92.6 cm³/mol. The molecule has 0 saturated carbocycles. The van der Waals surface area contributed by atoms with E-state index in [9.17, 15) is 4.79 Å². The van der Waals surface area contributed by atoms with Gasteiger partial charge in [-0.05, 0) is 48.1 Å². The highest BCUT2D eigenvalue weighted by molar-refractivity contribution is 5.84. The first kappa shape index (κ1) is 15.3. The lowest BCUT2D eigenvalue weighted by atomic mass is 9.96. The molecule has 0 fully saturated rings. The zero-order valence-corrected chi connectivity index (χ0v) is 12.9. The lowest BCUT2D eigenvalue weighted by Crippen LogP contribution is -2.25. The minimum atomic E-state index is -0.249. The smallest absolute Gasteiger partial charge is 0.277 e. The van der Waals surface area contributed by atoms with Crippen LogP contribution in [0.15, 0.2) is 59.7 Å². The van der Waals surface area contributed by atoms with Crippen LogP contribution in [0.2, 0.25) is 0 Å². The van der Waals surface area contributed by atoms with Gasteiger partial charge in [-0.1, -0.05) is 42.5 Å². The van der Waals surface area contributed by atoms with Crippen molar-refractivity contribution in [1.29, 1.82) is 0 Å². The Morgan fingerprint density at radius 3 is 2.91 bits per heavy atom. The van der Waals surface area contributed by atoms with Crippen LogP contribution < -0.4 is 10.2 Å². The summed E-state index contributed by atoms with van der Waals surface area (Å²) in [6, 6.07) is 13.8. The number of hydrogen-bond donors (Lipinski definition) is 1. The number of rotatable bonds is 5. The molecule has 118 valence electrons. The van der Waals surface area contributed by atoms with E-state index in [-0.39, 0.29) is 12.5 Å². The van der Waals surface area contributed by atoms with Crippen molar-refractivity contribution in [2.24, 2.45) is 11.0 Å². The van der Waals surface area contributed by atoms with Gasteiger partial charge < -0.3 is 4.74 Å². The average molecular weight is 308 g/mol. The molecule has 0 aliphatic heterocycles. The Bertz CT molecular complexity index is 737. The molecule has 4 nitrogen and oxygen atoms in total. The van der Waals surface area contributed by atoms with Crippen LogP contribution in [0.25, 0.3) is 10.8 Å². The van der Waals surface area contributed by atoms with Crippen molar-refractivity contribution >= 4 is 22.9 Å². The summed E-state index contributed by atoms with van der Waals surface area (Å²) < 4.78 is 5.52. The van der Waals surface area contributed by atoms with Crippen LogP contribution in [-0.2, 0) is 4.79 Å². The molecule has 1 aliphatic rings. The maximum atomic E-state index is 11.8. The second-order valence-electron chi connectivity index (χ2n) is 5.66. The summed E-state index contributed by atoms with van der Waals surface area (Å²) in [5.74, 6) is 0.850. The third-order valence-corrected chi connectivity index (χ3v) is 3.88. The predicted octanol–water partition coefficient (Wildman–Crippen LogP) is 3.68. The van der Waals surface area contributed by atoms with Gasteiger partial charge in [0.2, 0.25) is 0 Å². The monoisotopic (exact) mass is 308 g/mol. The Morgan fingerprint density at radius 1 is 1.22 bits per heavy atom. The molecule has 0 heterocycles. The molecular weight excluding hydrogens is 288 g/mol. The minimum Gasteiger partial charge on any atom is -0.484 e. The van der Waals surface area contributed by atoms with E-state index < -0.39 is 0 Å². The fourth-order valence-corrected chi connectivity index (χ4v) is 2.61. The molecule has 2 aromatic rings. The largest absolute Gasteiger partial charge is 0.484 e. The first-order valence-corrected chi connectivity index (χ1v) is 7.90. The van der Waals surface area contributed by atoms with E-state index >= 15 is 0 Å². The Hall–Kier alpha value is -2.62. The molecular formula is C19H20N2O2. The molecule has 1 amide bonds. The number of nitrogens with one attached hydrogen (secondary N) is 1. The SMILES string of the molecule is O=C(COc1ccc2ccccc2c1)N/N=C\[C@@H]1CC=CCC1. The highest BCUT2D eigenvalue weighted by atomic mass is 16.5. The number of carbonyl (C=O) groups is 1. The number of ether oxygens (including phenoxy) is 1. The molecule has 2 aromatic carbocycles. The van der Waals surface area contributed by atoms with Crippen molar-refractivity contribution in [1.82, 2.24) is 5.43 Å². The summed E-state index contributed by atoms with van der Waals surface area (Å²) in [7, 11) is 0. The lowest BCUT2D eigenvalue weighted by Gasteiger charge is -2.11. The summed E-state index contributed by atoms with van der Waals surface area (Å²) >= 11 is 0. The van der Waals surface area contributed by atoms with Crippen LogP contribution in [0.5, 0.6) is 5.75 Å². The van der Waals surface area contributed by atoms with E-state index in [2.05, 4.69) is 22.7 Å². The Balaban J connectivity index is 1.47. The number of carbonyl (C=O) groups excluding carboxylic acids is 1. The maximum Gasteiger partial charge on any atom is 0.277 e. The molecule has 0 bridgehead atoms. The molecule has 1 aliphatic carbocycles. The zero-order valence-electron chi connectivity index (χ0n) is 12.9. The fourth-order valence-electron chi connectivity index (χ4n) is 2.61. The van der Waals surface area contributed by atoms with Crippen LogP contribution in [0.3, 0.4) is 0 Å². The van der Waals surface area contributed by atoms with E-state index in [1.54, 1.807) is 0 Å². The van der Waals surface area contributed by atoms with E-state index in [4.69, 9.17) is 4.74 Å². The van der Waals surface area contributed by atoms with Gasteiger partial charge in [-0.15, -0.1) is 0 Å². The number of allylic oxidation sites excluding steroid dienone is 2. The highest BCUT2D eigenvalue weighted by Crippen LogP contribution is 2.20. The minimum absolute atomic E-state index is 0.0414. The van der Waals surface area contributed by atoms with Crippen molar-refractivity contribution in [2.75, 3.05) is 6.61 Å². The Kier molecular flexibility index (Phi) is 5.04. The quantitative estimate of drug-likeness (QED) is 0.520. The molecule has 23 heavy (non-hydrogen) atoms. The fraction of sp³-hybridized carbons (Fsp3) is 0.263. The van der Waals surface area contributed by atoms with Gasteiger partial charge in [0.1, 0.15) is 5.75 Å². The maximum absolute atomic E-state index is 11.8. The first-order chi connectivity index (χ1) is 11.3. The highest BCUT2D eigenvalue weighted by Gasteiger charge is 2.07. The molecule has 0 aromatic heterocycles. The van der Waals surface area contributed by atoms with Gasteiger partial charge in [0.05, 0.1) is 0 Å². The molecule has 0 radical (unpaired) electrons. The zero-order chi connectivity index (χ0) is 15.9. The van der Waals surface area contributed by atoms with Crippen molar-refractivity contribution in [3.05, 3.63) is 54.6 Å². The van der Waals surface area contributed by atoms with Gasteiger partial charge in [0.25, 0.3) is 5.91 Å². The average Bonchev–Trinajstić information content (AvgIpc) is 2.61. The Morgan fingerprint density at radius 2 is 2.09 bits per heavy atom. The summed E-state index contributed by atoms with van der Waals surface area (Å²) in [6.45, 7) is -0.0414. The summed E-state index contributed by atoms with van der Waals surface area (Å²) in [5, 5.41) is 6.26. The van der Waals surface area contributed by atoms with Crippen LogP contribution in [0.1, 0.15) is 19.3 Å². The van der Waals surface area contributed by atoms with Crippen molar-refractivity contribution in [2.45, 2.75) is 19.3 Å². The van der Waals surface area contributed by atoms with Gasteiger partial charge in [-0.2, -0.15) is 5.10 Å². The van der Waals surface area contributed by atoms with E-state index in [0.29, 0.717) is 11.7 Å². The number of amides is 1. The first-order valence-electron chi connectivity index (χ1n) is 7.90. The summed E-state index contributed by atoms with van der Waals surface area (Å²) in [6.07, 6.45) is 9.31. The summed E-state index contributed by atoms with van der Waals surface area (Å²) in [5.41, 5.74) is 2.52. The topological polar surface area (TPSA) is 50.7 Å². The molecule has 1 atom stereocenters. The second-order valence-corrected chi connectivity index (χ2v) is 5.66. The molecule has 3 rings (SSSR count). The molecule has 0 saturated heterocycles. The van der Waals surface area contributed by atoms with Crippen molar-refractivity contribution in [3.63, 3.8) is 0 Å². The van der Waals surface area contributed by atoms with E-state index in [1.165, 1.54) is 0 Å². The van der Waals surface area contributed by atoms with E-state index in [0.717, 1.165) is 30.0 Å². The van der Waals surface area contributed by atoms with Crippen LogP contribution in [-0.4, -0.2) is 18.7 Å². The van der Waals surface area contributed by atoms with Gasteiger partial charge in [-0.25, -0.2) is 5.43 Å².